The molecule has 1 aromatic rings. The second-order valence-electron chi connectivity index (χ2n) is 3.31. The predicted molar refractivity (Wildman–Crippen MR) is 60.3 cm³/mol. The van der Waals surface area contributed by atoms with Crippen LogP contribution in [0.1, 0.15) is 5.56 Å². The van der Waals surface area contributed by atoms with Gasteiger partial charge in [-0.3, -0.25) is 0 Å². The second-order valence-corrected chi connectivity index (χ2v) is 4.96. The number of halogens is 1. The number of carbonyl (C=O) groups excluding carboxylic acids is 1. The highest BCUT2D eigenvalue weighted by Gasteiger charge is 2.21. The van der Waals surface area contributed by atoms with Crippen LogP contribution in [0.4, 0.5) is 14.9 Å². The molecule has 0 radical (unpaired) electrons. The maximum absolute atomic E-state index is 13.3. The molecule has 0 spiro atoms. The summed E-state index contributed by atoms with van der Waals surface area (Å²) in [6.07, 6.45) is 0. The van der Waals surface area contributed by atoms with Gasteiger partial charge >= 0.3 is 6.03 Å². The van der Waals surface area contributed by atoms with Gasteiger partial charge in [0.15, 0.2) is 0 Å². The van der Waals surface area contributed by atoms with Crippen molar-refractivity contribution in [2.75, 3.05) is 12.8 Å². The number of amides is 2. The first-order valence-electron chi connectivity index (χ1n) is 4.58. The molecule has 94 valence electrons. The minimum atomic E-state index is -4.13. The van der Waals surface area contributed by atoms with E-state index >= 15 is 0 Å². The third-order valence-electron chi connectivity index (χ3n) is 2.06. The zero-order valence-electron chi connectivity index (χ0n) is 9.24. The minimum absolute atomic E-state index is 0.0367. The number of sulfonamides is 1. The van der Waals surface area contributed by atoms with Crippen LogP contribution in [0, 0.1) is 12.7 Å². The molecule has 2 amide bonds. The topological polar surface area (TPSA) is 101 Å². The Kier molecular flexibility index (Phi) is 3.56. The van der Waals surface area contributed by atoms with Gasteiger partial charge < -0.3 is 11.1 Å². The molecular weight excluding hydrogens is 249 g/mol. The molecule has 8 heteroatoms. The minimum Gasteiger partial charge on any atom is -0.399 e. The van der Waals surface area contributed by atoms with Crippen LogP contribution in [0.5, 0.6) is 0 Å². The van der Waals surface area contributed by atoms with E-state index in [9.17, 15) is 17.6 Å². The van der Waals surface area contributed by atoms with Crippen molar-refractivity contribution in [3.05, 3.63) is 23.5 Å². The van der Waals surface area contributed by atoms with Crippen LogP contribution in [-0.4, -0.2) is 21.5 Å². The highest BCUT2D eigenvalue weighted by molar-refractivity contribution is 7.90. The van der Waals surface area contributed by atoms with Crippen molar-refractivity contribution in [1.29, 1.82) is 0 Å². The van der Waals surface area contributed by atoms with Gasteiger partial charge in [-0.1, -0.05) is 0 Å². The lowest BCUT2D eigenvalue weighted by molar-refractivity contribution is 0.248. The number of anilines is 1. The number of carbonyl (C=O) groups is 1. The van der Waals surface area contributed by atoms with E-state index < -0.39 is 21.9 Å². The molecule has 0 aliphatic rings. The maximum atomic E-state index is 13.3. The number of nitrogens with two attached hydrogens (primary N) is 1. The Morgan fingerprint density at radius 3 is 2.53 bits per heavy atom. The Hall–Kier alpha value is -1.83. The van der Waals surface area contributed by atoms with E-state index in [1.807, 2.05) is 0 Å². The average molecular weight is 261 g/mol. The fourth-order valence-corrected chi connectivity index (χ4v) is 2.43. The summed E-state index contributed by atoms with van der Waals surface area (Å²) in [5.74, 6) is -0.748. The average Bonchev–Trinajstić information content (AvgIpc) is 2.22. The summed E-state index contributed by atoms with van der Waals surface area (Å²) in [5.41, 5.74) is 5.22. The summed E-state index contributed by atoms with van der Waals surface area (Å²) in [6, 6.07) is 1.19. The molecule has 17 heavy (non-hydrogen) atoms. The van der Waals surface area contributed by atoms with Gasteiger partial charge in [0.25, 0.3) is 10.0 Å². The monoisotopic (exact) mass is 261 g/mol. The van der Waals surface area contributed by atoms with Gasteiger partial charge in [0.2, 0.25) is 0 Å². The first-order chi connectivity index (χ1) is 7.77. The zero-order chi connectivity index (χ0) is 13.2. The van der Waals surface area contributed by atoms with E-state index in [0.29, 0.717) is 0 Å². The van der Waals surface area contributed by atoms with Crippen LogP contribution in [0.2, 0.25) is 0 Å². The molecule has 1 rings (SSSR count). The molecule has 0 aromatic heterocycles. The number of hydrogen-bond donors (Lipinski definition) is 3. The lowest BCUT2D eigenvalue weighted by atomic mass is 10.2. The third-order valence-corrected chi connectivity index (χ3v) is 3.52. The van der Waals surface area contributed by atoms with E-state index in [-0.39, 0.29) is 16.1 Å². The quantitative estimate of drug-likeness (QED) is 0.668. The molecule has 0 atom stereocenters. The summed E-state index contributed by atoms with van der Waals surface area (Å²) in [4.78, 5) is 10.6. The summed E-state index contributed by atoms with van der Waals surface area (Å²) in [7, 11) is -2.87. The Bertz CT molecular complexity index is 557. The van der Waals surface area contributed by atoms with Gasteiger partial charge in [0.05, 0.1) is 4.90 Å². The third kappa shape index (κ3) is 2.84. The first-order valence-corrected chi connectivity index (χ1v) is 6.06. The Balaban J connectivity index is 3.29. The van der Waals surface area contributed by atoms with Crippen LogP contribution in [-0.2, 0) is 10.0 Å². The largest absolute Gasteiger partial charge is 0.399 e. The van der Waals surface area contributed by atoms with Gasteiger partial charge in [-0.2, -0.15) is 0 Å². The maximum Gasteiger partial charge on any atom is 0.328 e. The standard InChI is InChI=1S/C9H12FN3O3S/c1-5-7(10)3-6(11)4-8(5)17(15,16)13-9(14)12-2/h3-4H,11H2,1-2H3,(H2,12,13,14). The van der Waals surface area contributed by atoms with Crippen LogP contribution in [0.25, 0.3) is 0 Å². The summed E-state index contributed by atoms with van der Waals surface area (Å²) in [5, 5.41) is 2.09. The molecule has 0 bridgehead atoms. The molecule has 0 saturated heterocycles. The number of benzene rings is 1. The smallest absolute Gasteiger partial charge is 0.328 e. The molecule has 0 unspecified atom stereocenters. The van der Waals surface area contributed by atoms with Crippen LogP contribution in [0.15, 0.2) is 17.0 Å². The van der Waals surface area contributed by atoms with E-state index in [1.54, 1.807) is 4.72 Å². The number of nitrogen functional groups attached to an aromatic ring is 1. The van der Waals surface area contributed by atoms with Gasteiger partial charge in [0.1, 0.15) is 5.82 Å². The van der Waals surface area contributed by atoms with Crippen molar-refractivity contribution in [2.24, 2.45) is 0 Å². The fraction of sp³-hybridized carbons (Fsp3) is 0.222. The normalized spacial score (nSPS) is 11.0. The molecule has 1 aromatic carbocycles. The highest BCUT2D eigenvalue weighted by Crippen LogP contribution is 2.21. The molecule has 0 fully saturated rings. The summed E-state index contributed by atoms with van der Waals surface area (Å²) >= 11 is 0. The van der Waals surface area contributed by atoms with Crippen molar-refractivity contribution in [1.82, 2.24) is 10.0 Å². The zero-order valence-corrected chi connectivity index (χ0v) is 10.1. The Labute approximate surface area is 98.1 Å². The first kappa shape index (κ1) is 13.2. The van der Waals surface area contributed by atoms with E-state index in [0.717, 1.165) is 12.1 Å². The van der Waals surface area contributed by atoms with Crippen molar-refractivity contribution >= 4 is 21.7 Å². The molecule has 0 heterocycles. The van der Waals surface area contributed by atoms with Crippen molar-refractivity contribution < 1.29 is 17.6 Å². The molecule has 4 N–H and O–H groups in total. The summed E-state index contributed by atoms with van der Waals surface area (Å²) < 4.78 is 38.5. The lowest BCUT2D eigenvalue weighted by Crippen LogP contribution is -2.37. The Morgan fingerprint density at radius 1 is 1.41 bits per heavy atom. The fourth-order valence-electron chi connectivity index (χ4n) is 1.18. The number of rotatable bonds is 2. The number of nitrogens with one attached hydrogen (secondary N) is 2. The highest BCUT2D eigenvalue weighted by atomic mass is 32.2. The molecule has 6 nitrogen and oxygen atoms in total. The second kappa shape index (κ2) is 4.58. The lowest BCUT2D eigenvalue weighted by Gasteiger charge is -2.10. The van der Waals surface area contributed by atoms with Crippen LogP contribution in [0.3, 0.4) is 0 Å². The molecule has 0 saturated carbocycles. The molecular formula is C9H12FN3O3S. The summed E-state index contributed by atoms with van der Waals surface area (Å²) in [6.45, 7) is 1.28. The number of hydrogen-bond acceptors (Lipinski definition) is 4. The SMILES string of the molecule is CNC(=O)NS(=O)(=O)c1cc(N)cc(F)c1C. The number of urea groups is 1. The Morgan fingerprint density at radius 2 is 2.00 bits per heavy atom. The molecule has 0 aliphatic carbocycles. The van der Waals surface area contributed by atoms with Gasteiger partial charge in [-0.25, -0.2) is 22.3 Å². The van der Waals surface area contributed by atoms with Crippen molar-refractivity contribution in [3.63, 3.8) is 0 Å². The van der Waals surface area contributed by atoms with Gasteiger partial charge in [-0.15, -0.1) is 0 Å². The van der Waals surface area contributed by atoms with E-state index in [4.69, 9.17) is 5.73 Å². The van der Waals surface area contributed by atoms with Crippen molar-refractivity contribution in [3.8, 4) is 0 Å². The van der Waals surface area contributed by atoms with Crippen LogP contribution < -0.4 is 15.8 Å². The van der Waals surface area contributed by atoms with Gasteiger partial charge in [0, 0.05) is 18.3 Å². The van der Waals surface area contributed by atoms with Crippen molar-refractivity contribution in [2.45, 2.75) is 11.8 Å². The van der Waals surface area contributed by atoms with Gasteiger partial charge in [-0.05, 0) is 19.1 Å². The van der Waals surface area contributed by atoms with E-state index in [2.05, 4.69) is 5.32 Å². The molecule has 0 aliphatic heterocycles. The predicted octanol–water partition coefficient (Wildman–Crippen LogP) is 0.334. The van der Waals surface area contributed by atoms with Crippen LogP contribution >= 0.6 is 0 Å². The van der Waals surface area contributed by atoms with E-state index in [1.165, 1.54) is 14.0 Å².